The SMILES string of the molecule is Cc1cn(C(C)C)cc1C(=O)NC[C@]1(CO)COC[C@@H](C)N1C. The van der Waals surface area contributed by atoms with Gasteiger partial charge in [0.05, 0.1) is 30.9 Å². The molecule has 2 rings (SSSR count). The molecule has 1 aromatic heterocycles. The monoisotopic (exact) mass is 323 g/mol. The normalized spacial score (nSPS) is 25.8. The third kappa shape index (κ3) is 3.59. The summed E-state index contributed by atoms with van der Waals surface area (Å²) in [7, 11) is 1.97. The zero-order chi connectivity index (χ0) is 17.2. The van der Waals surface area contributed by atoms with Crippen molar-refractivity contribution >= 4 is 5.91 Å². The number of aryl methyl sites for hydroxylation is 1. The molecule has 23 heavy (non-hydrogen) atoms. The zero-order valence-electron chi connectivity index (χ0n) is 14.8. The largest absolute Gasteiger partial charge is 0.394 e. The Bertz CT molecular complexity index is 555. The lowest BCUT2D eigenvalue weighted by Crippen LogP contribution is -2.65. The molecule has 6 heteroatoms. The van der Waals surface area contributed by atoms with Gasteiger partial charge >= 0.3 is 0 Å². The predicted molar refractivity (Wildman–Crippen MR) is 89.7 cm³/mol. The van der Waals surface area contributed by atoms with Gasteiger partial charge in [-0.3, -0.25) is 9.69 Å². The average Bonchev–Trinajstić information content (AvgIpc) is 2.91. The van der Waals surface area contributed by atoms with Gasteiger partial charge in [-0.25, -0.2) is 0 Å². The minimum atomic E-state index is -0.568. The molecule has 1 amide bonds. The summed E-state index contributed by atoms with van der Waals surface area (Å²) in [6.45, 7) is 9.51. The molecule has 1 saturated heterocycles. The number of nitrogens with one attached hydrogen (secondary N) is 1. The lowest BCUT2D eigenvalue weighted by Gasteiger charge is -2.47. The van der Waals surface area contributed by atoms with Crippen molar-refractivity contribution in [1.29, 1.82) is 0 Å². The lowest BCUT2D eigenvalue weighted by molar-refractivity contribution is -0.105. The van der Waals surface area contributed by atoms with Crippen LogP contribution in [0, 0.1) is 6.92 Å². The molecule has 2 heterocycles. The number of amides is 1. The van der Waals surface area contributed by atoms with Gasteiger partial charge in [0.2, 0.25) is 0 Å². The number of hydrogen-bond acceptors (Lipinski definition) is 4. The van der Waals surface area contributed by atoms with Gasteiger partial charge in [0, 0.05) is 31.0 Å². The van der Waals surface area contributed by atoms with Crippen LogP contribution in [-0.4, -0.2) is 65.5 Å². The number of hydrogen-bond donors (Lipinski definition) is 2. The number of carbonyl (C=O) groups is 1. The number of aliphatic hydroxyl groups excluding tert-OH is 1. The molecule has 6 nitrogen and oxygen atoms in total. The summed E-state index contributed by atoms with van der Waals surface area (Å²) in [5, 5.41) is 12.8. The molecule has 1 fully saturated rings. The van der Waals surface area contributed by atoms with Gasteiger partial charge in [-0.05, 0) is 40.3 Å². The van der Waals surface area contributed by atoms with Crippen LogP contribution in [0.1, 0.15) is 42.7 Å². The summed E-state index contributed by atoms with van der Waals surface area (Å²) < 4.78 is 7.63. The zero-order valence-corrected chi connectivity index (χ0v) is 14.8. The molecule has 0 radical (unpaired) electrons. The standard InChI is InChI=1S/C17H29N3O3/c1-12(2)20-6-13(3)15(7-20)16(22)18-9-17(10-21)11-23-8-14(4)19(17)5/h6-7,12,14,21H,8-11H2,1-5H3,(H,18,22)/t14-,17+/m1/s1. The van der Waals surface area contributed by atoms with E-state index in [0.717, 1.165) is 5.56 Å². The first-order valence-electron chi connectivity index (χ1n) is 8.18. The molecule has 1 aliphatic heterocycles. The molecule has 0 saturated carbocycles. The van der Waals surface area contributed by atoms with Crippen molar-refractivity contribution in [2.45, 2.75) is 45.3 Å². The van der Waals surface area contributed by atoms with Crippen molar-refractivity contribution in [3.8, 4) is 0 Å². The summed E-state index contributed by atoms with van der Waals surface area (Å²) in [6.07, 6.45) is 3.87. The first kappa shape index (κ1) is 18.0. The highest BCUT2D eigenvalue weighted by molar-refractivity contribution is 5.95. The minimum Gasteiger partial charge on any atom is -0.394 e. The van der Waals surface area contributed by atoms with Crippen LogP contribution in [0.2, 0.25) is 0 Å². The number of morpholine rings is 1. The maximum Gasteiger partial charge on any atom is 0.253 e. The number of carbonyl (C=O) groups excluding carboxylic acids is 1. The minimum absolute atomic E-state index is 0.0554. The highest BCUT2D eigenvalue weighted by Crippen LogP contribution is 2.22. The number of aromatic nitrogens is 1. The Labute approximate surface area is 138 Å². The Hall–Kier alpha value is -1.37. The fourth-order valence-corrected chi connectivity index (χ4v) is 2.95. The summed E-state index contributed by atoms with van der Waals surface area (Å²) in [6, 6.07) is 0.523. The average molecular weight is 323 g/mol. The van der Waals surface area contributed by atoms with E-state index in [1.807, 2.05) is 30.9 Å². The summed E-state index contributed by atoms with van der Waals surface area (Å²) in [4.78, 5) is 14.6. The summed E-state index contributed by atoms with van der Waals surface area (Å²) in [5.74, 6) is -0.110. The topological polar surface area (TPSA) is 66.7 Å². The van der Waals surface area contributed by atoms with E-state index >= 15 is 0 Å². The highest BCUT2D eigenvalue weighted by atomic mass is 16.5. The molecule has 1 aliphatic rings. The van der Waals surface area contributed by atoms with E-state index in [4.69, 9.17) is 4.74 Å². The number of rotatable bonds is 5. The van der Waals surface area contributed by atoms with Crippen LogP contribution in [-0.2, 0) is 4.74 Å². The molecule has 0 spiro atoms. The van der Waals surface area contributed by atoms with Crippen molar-refractivity contribution in [3.63, 3.8) is 0 Å². The quantitative estimate of drug-likeness (QED) is 0.854. The Morgan fingerprint density at radius 1 is 1.52 bits per heavy atom. The smallest absolute Gasteiger partial charge is 0.253 e. The molecule has 0 unspecified atom stereocenters. The van der Waals surface area contributed by atoms with E-state index in [9.17, 15) is 9.90 Å². The van der Waals surface area contributed by atoms with E-state index < -0.39 is 5.54 Å². The Morgan fingerprint density at radius 2 is 2.22 bits per heavy atom. The third-order valence-electron chi connectivity index (χ3n) is 4.90. The molecule has 0 bridgehead atoms. The van der Waals surface area contributed by atoms with Gasteiger partial charge in [0.25, 0.3) is 5.91 Å². The van der Waals surface area contributed by atoms with Gasteiger partial charge in [-0.1, -0.05) is 0 Å². The fraction of sp³-hybridized carbons (Fsp3) is 0.706. The lowest BCUT2D eigenvalue weighted by atomic mass is 9.96. The summed E-state index contributed by atoms with van der Waals surface area (Å²) in [5.41, 5.74) is 1.07. The van der Waals surface area contributed by atoms with Crippen molar-refractivity contribution in [2.75, 3.05) is 33.4 Å². The van der Waals surface area contributed by atoms with Crippen LogP contribution in [0.15, 0.2) is 12.4 Å². The second-order valence-corrected chi connectivity index (χ2v) is 6.94. The first-order chi connectivity index (χ1) is 10.8. The molecular formula is C17H29N3O3. The predicted octanol–water partition coefficient (Wildman–Crippen LogP) is 1.19. The fourth-order valence-electron chi connectivity index (χ4n) is 2.95. The van der Waals surface area contributed by atoms with Gasteiger partial charge in [-0.15, -0.1) is 0 Å². The van der Waals surface area contributed by atoms with E-state index in [1.165, 1.54) is 0 Å². The number of likely N-dealkylation sites (N-methyl/N-ethyl adjacent to an activating group) is 1. The molecule has 2 atom stereocenters. The third-order valence-corrected chi connectivity index (χ3v) is 4.90. The highest BCUT2D eigenvalue weighted by Gasteiger charge is 2.40. The molecule has 0 aromatic carbocycles. The van der Waals surface area contributed by atoms with Crippen LogP contribution < -0.4 is 5.32 Å². The van der Waals surface area contributed by atoms with Crippen LogP contribution in [0.25, 0.3) is 0 Å². The maximum absolute atomic E-state index is 12.5. The van der Waals surface area contributed by atoms with Crippen molar-refractivity contribution in [1.82, 2.24) is 14.8 Å². The van der Waals surface area contributed by atoms with Crippen molar-refractivity contribution in [2.24, 2.45) is 0 Å². The van der Waals surface area contributed by atoms with Gasteiger partial charge in [0.1, 0.15) is 0 Å². The van der Waals surface area contributed by atoms with E-state index in [2.05, 4.69) is 31.0 Å². The van der Waals surface area contributed by atoms with Crippen LogP contribution in [0.4, 0.5) is 0 Å². The van der Waals surface area contributed by atoms with Crippen LogP contribution >= 0.6 is 0 Å². The second kappa shape index (κ2) is 7.03. The van der Waals surface area contributed by atoms with Crippen molar-refractivity contribution < 1.29 is 14.6 Å². The maximum atomic E-state index is 12.5. The Balaban J connectivity index is 2.08. The van der Waals surface area contributed by atoms with Crippen molar-refractivity contribution in [3.05, 3.63) is 23.5 Å². The molecule has 1 aromatic rings. The number of aliphatic hydroxyl groups is 1. The Kier molecular flexibility index (Phi) is 5.49. The number of nitrogens with zero attached hydrogens (tertiary/aromatic N) is 2. The molecule has 0 aliphatic carbocycles. The number of ether oxygens (including phenoxy) is 1. The Morgan fingerprint density at radius 3 is 2.78 bits per heavy atom. The van der Waals surface area contributed by atoms with Crippen LogP contribution in [0.5, 0.6) is 0 Å². The van der Waals surface area contributed by atoms with E-state index in [0.29, 0.717) is 31.4 Å². The van der Waals surface area contributed by atoms with Gasteiger partial charge in [-0.2, -0.15) is 0 Å². The molecular weight excluding hydrogens is 294 g/mol. The van der Waals surface area contributed by atoms with Crippen LogP contribution in [0.3, 0.4) is 0 Å². The first-order valence-corrected chi connectivity index (χ1v) is 8.18. The van der Waals surface area contributed by atoms with Gasteiger partial charge < -0.3 is 19.7 Å². The summed E-state index contributed by atoms with van der Waals surface area (Å²) >= 11 is 0. The van der Waals surface area contributed by atoms with E-state index in [-0.39, 0.29) is 18.6 Å². The second-order valence-electron chi connectivity index (χ2n) is 6.94. The van der Waals surface area contributed by atoms with E-state index in [1.54, 1.807) is 0 Å². The van der Waals surface area contributed by atoms with Gasteiger partial charge in [0.15, 0.2) is 0 Å². The molecule has 2 N–H and O–H groups in total. The molecule has 130 valence electrons.